The molecule has 1 aromatic rings. The smallest absolute Gasteiger partial charge is 0.410 e. The van der Waals surface area contributed by atoms with Crippen molar-refractivity contribution in [1.29, 1.82) is 0 Å². The van der Waals surface area contributed by atoms with Crippen molar-refractivity contribution in [1.82, 2.24) is 9.80 Å². The van der Waals surface area contributed by atoms with Gasteiger partial charge in [-0.05, 0) is 18.4 Å². The summed E-state index contributed by atoms with van der Waals surface area (Å²) in [6.07, 6.45) is 1.16. The van der Waals surface area contributed by atoms with Crippen LogP contribution in [0.15, 0.2) is 30.3 Å². The van der Waals surface area contributed by atoms with Crippen molar-refractivity contribution in [3.05, 3.63) is 35.9 Å². The van der Waals surface area contributed by atoms with Gasteiger partial charge in [0.2, 0.25) is 0 Å². The number of likely N-dealkylation sites (tertiary alicyclic amines) is 1. The molecule has 6 nitrogen and oxygen atoms in total. The molecule has 0 bridgehead atoms. The number of β-amino-alcohol motifs (C(OH)–C–C–N with tert-alkyl or cyclic N) is 1. The third-order valence-electron chi connectivity index (χ3n) is 4.64. The van der Waals surface area contributed by atoms with Gasteiger partial charge >= 0.3 is 6.09 Å². The molecule has 0 spiro atoms. The zero-order chi connectivity index (χ0) is 16.8. The minimum Gasteiger partial charge on any atom is -0.445 e. The first kappa shape index (κ1) is 17.2. The second-order valence-electron chi connectivity index (χ2n) is 6.68. The van der Waals surface area contributed by atoms with Crippen LogP contribution in [0.5, 0.6) is 0 Å². The molecule has 0 aromatic heterocycles. The molecular formula is C18H26N2O4. The maximum Gasteiger partial charge on any atom is 0.410 e. The fourth-order valence-electron chi connectivity index (χ4n) is 3.38. The molecular weight excluding hydrogens is 308 g/mol. The SMILES string of the molecule is O=C(OCc1ccccc1)N1CCCC(O)(CN2CCOCC2)C1. The highest BCUT2D eigenvalue weighted by molar-refractivity contribution is 5.68. The summed E-state index contributed by atoms with van der Waals surface area (Å²) < 4.78 is 10.7. The molecule has 24 heavy (non-hydrogen) atoms. The van der Waals surface area contributed by atoms with Crippen LogP contribution in [-0.2, 0) is 16.1 Å². The van der Waals surface area contributed by atoms with E-state index in [2.05, 4.69) is 4.90 Å². The van der Waals surface area contributed by atoms with E-state index in [1.54, 1.807) is 4.90 Å². The highest BCUT2D eigenvalue weighted by Gasteiger charge is 2.37. The molecule has 1 unspecified atom stereocenters. The summed E-state index contributed by atoms with van der Waals surface area (Å²) in [7, 11) is 0. The van der Waals surface area contributed by atoms with E-state index in [0.29, 0.717) is 39.3 Å². The van der Waals surface area contributed by atoms with E-state index < -0.39 is 5.60 Å². The lowest BCUT2D eigenvalue weighted by molar-refractivity contribution is -0.0676. The van der Waals surface area contributed by atoms with Crippen molar-refractivity contribution in [2.24, 2.45) is 0 Å². The van der Waals surface area contributed by atoms with Crippen molar-refractivity contribution < 1.29 is 19.4 Å². The van der Waals surface area contributed by atoms with Crippen LogP contribution in [0.2, 0.25) is 0 Å². The van der Waals surface area contributed by atoms with Gasteiger partial charge in [-0.3, -0.25) is 4.90 Å². The van der Waals surface area contributed by atoms with Crippen LogP contribution in [-0.4, -0.2) is 72.5 Å². The number of carbonyl (C=O) groups excluding carboxylic acids is 1. The maximum atomic E-state index is 12.3. The van der Waals surface area contributed by atoms with E-state index in [-0.39, 0.29) is 12.7 Å². The molecule has 1 amide bonds. The highest BCUT2D eigenvalue weighted by atomic mass is 16.6. The lowest BCUT2D eigenvalue weighted by Crippen LogP contribution is -2.57. The van der Waals surface area contributed by atoms with Gasteiger partial charge in [-0.2, -0.15) is 0 Å². The second kappa shape index (κ2) is 7.96. The first-order chi connectivity index (χ1) is 11.6. The highest BCUT2D eigenvalue weighted by Crippen LogP contribution is 2.23. The number of hydrogen-bond acceptors (Lipinski definition) is 5. The molecule has 2 saturated heterocycles. The van der Waals surface area contributed by atoms with E-state index in [0.717, 1.165) is 25.1 Å². The Hall–Kier alpha value is -1.63. The molecule has 2 heterocycles. The molecule has 132 valence electrons. The summed E-state index contributed by atoms with van der Waals surface area (Å²) in [5, 5.41) is 10.9. The largest absolute Gasteiger partial charge is 0.445 e. The van der Waals surface area contributed by atoms with Crippen LogP contribution in [0.4, 0.5) is 4.79 Å². The molecule has 1 N–H and O–H groups in total. The van der Waals surface area contributed by atoms with Crippen LogP contribution in [0, 0.1) is 0 Å². The van der Waals surface area contributed by atoms with Gasteiger partial charge in [0.25, 0.3) is 0 Å². The Labute approximate surface area is 143 Å². The number of hydrogen-bond donors (Lipinski definition) is 1. The Bertz CT molecular complexity index is 533. The van der Waals surface area contributed by atoms with Crippen LogP contribution < -0.4 is 0 Å². The minimum absolute atomic E-state index is 0.262. The van der Waals surface area contributed by atoms with Crippen LogP contribution >= 0.6 is 0 Å². The summed E-state index contributed by atoms with van der Waals surface area (Å²) in [5.74, 6) is 0. The van der Waals surface area contributed by atoms with E-state index in [9.17, 15) is 9.90 Å². The number of benzene rings is 1. The summed E-state index contributed by atoms with van der Waals surface area (Å²) in [5.41, 5.74) is 0.105. The van der Waals surface area contributed by atoms with Crippen molar-refractivity contribution in [3.8, 4) is 0 Å². The Morgan fingerprint density at radius 3 is 2.71 bits per heavy atom. The van der Waals surface area contributed by atoms with Gasteiger partial charge in [0.05, 0.1) is 25.4 Å². The molecule has 0 aliphatic carbocycles. The second-order valence-corrected chi connectivity index (χ2v) is 6.68. The summed E-state index contributed by atoms with van der Waals surface area (Å²) in [6.45, 7) is 4.90. The van der Waals surface area contributed by atoms with Gasteiger partial charge < -0.3 is 19.5 Å². The molecule has 1 atom stereocenters. The van der Waals surface area contributed by atoms with Gasteiger partial charge in [0.15, 0.2) is 0 Å². The van der Waals surface area contributed by atoms with E-state index >= 15 is 0 Å². The number of amides is 1. The Morgan fingerprint density at radius 1 is 1.21 bits per heavy atom. The molecule has 1 aromatic carbocycles. The molecule has 2 fully saturated rings. The van der Waals surface area contributed by atoms with Gasteiger partial charge in [-0.25, -0.2) is 4.79 Å². The number of ether oxygens (including phenoxy) is 2. The molecule has 3 rings (SSSR count). The Kier molecular flexibility index (Phi) is 5.71. The Morgan fingerprint density at radius 2 is 1.96 bits per heavy atom. The van der Waals surface area contributed by atoms with Crippen molar-refractivity contribution in [2.75, 3.05) is 45.9 Å². The number of morpholine rings is 1. The lowest BCUT2D eigenvalue weighted by atomic mass is 9.92. The molecule has 2 aliphatic rings. The van der Waals surface area contributed by atoms with E-state index in [1.165, 1.54) is 0 Å². The first-order valence-corrected chi connectivity index (χ1v) is 8.63. The van der Waals surface area contributed by atoms with E-state index in [4.69, 9.17) is 9.47 Å². The number of carbonyl (C=O) groups is 1. The fourth-order valence-corrected chi connectivity index (χ4v) is 3.38. The van der Waals surface area contributed by atoms with Crippen molar-refractivity contribution in [2.45, 2.75) is 25.0 Å². The standard InChI is InChI=1S/C18H26N2O4/c21-17(24-13-16-5-2-1-3-6-16)20-8-4-7-18(22,15-20)14-19-9-11-23-12-10-19/h1-3,5-6,22H,4,7-15H2. The van der Waals surface area contributed by atoms with Crippen LogP contribution in [0.1, 0.15) is 18.4 Å². The van der Waals surface area contributed by atoms with Gasteiger partial charge in [-0.1, -0.05) is 30.3 Å². The third kappa shape index (κ3) is 4.69. The normalized spacial score (nSPS) is 25.5. The molecule has 0 saturated carbocycles. The summed E-state index contributed by atoms with van der Waals surface area (Å²) in [4.78, 5) is 16.2. The molecule has 0 radical (unpaired) electrons. The predicted octanol–water partition coefficient (Wildman–Crippen LogP) is 1.48. The number of rotatable bonds is 4. The molecule has 2 aliphatic heterocycles. The van der Waals surface area contributed by atoms with Gasteiger partial charge in [0.1, 0.15) is 6.61 Å². The summed E-state index contributed by atoms with van der Waals surface area (Å²) in [6, 6.07) is 9.63. The predicted molar refractivity (Wildman–Crippen MR) is 89.6 cm³/mol. The van der Waals surface area contributed by atoms with E-state index in [1.807, 2.05) is 30.3 Å². The van der Waals surface area contributed by atoms with Crippen molar-refractivity contribution in [3.63, 3.8) is 0 Å². The Balaban J connectivity index is 1.51. The van der Waals surface area contributed by atoms with Crippen LogP contribution in [0.3, 0.4) is 0 Å². The average Bonchev–Trinajstić information content (AvgIpc) is 2.61. The zero-order valence-corrected chi connectivity index (χ0v) is 14.0. The van der Waals surface area contributed by atoms with Crippen molar-refractivity contribution >= 4 is 6.09 Å². The average molecular weight is 334 g/mol. The molecule has 6 heteroatoms. The third-order valence-corrected chi connectivity index (χ3v) is 4.64. The first-order valence-electron chi connectivity index (χ1n) is 8.63. The summed E-state index contributed by atoms with van der Waals surface area (Å²) >= 11 is 0. The van der Waals surface area contributed by atoms with Gasteiger partial charge in [-0.15, -0.1) is 0 Å². The maximum absolute atomic E-state index is 12.3. The number of aliphatic hydroxyl groups is 1. The quantitative estimate of drug-likeness (QED) is 0.904. The lowest BCUT2D eigenvalue weighted by Gasteiger charge is -2.42. The monoisotopic (exact) mass is 334 g/mol. The van der Waals surface area contributed by atoms with Gasteiger partial charge in [0, 0.05) is 26.2 Å². The minimum atomic E-state index is -0.860. The van der Waals surface area contributed by atoms with Crippen LogP contribution in [0.25, 0.3) is 0 Å². The fraction of sp³-hybridized carbons (Fsp3) is 0.611. The number of piperidine rings is 1. The topological polar surface area (TPSA) is 62.2 Å². The number of nitrogens with zero attached hydrogens (tertiary/aromatic N) is 2. The zero-order valence-electron chi connectivity index (χ0n) is 14.0.